The van der Waals surface area contributed by atoms with Crippen LogP contribution in [0.15, 0.2) is 60.0 Å². The minimum Gasteiger partial charge on any atom is -0.350 e. The highest BCUT2D eigenvalue weighted by Gasteiger charge is 2.30. The molecule has 1 aliphatic heterocycles. The molecule has 5 rings (SSSR count). The number of hydrogen-bond donors (Lipinski definition) is 0. The second-order valence-electron chi connectivity index (χ2n) is 11.0. The number of piperazine rings is 1. The van der Waals surface area contributed by atoms with Gasteiger partial charge in [-0.15, -0.1) is 0 Å². The van der Waals surface area contributed by atoms with Gasteiger partial charge in [-0.2, -0.15) is 4.98 Å². The molecule has 10 heteroatoms. The zero-order chi connectivity index (χ0) is 31.7. The molecule has 9 nitrogen and oxygen atoms in total. The number of carbonyl (C=O) groups is 2. The van der Waals surface area contributed by atoms with Crippen molar-refractivity contribution in [1.29, 1.82) is 0 Å². The molecule has 4 heterocycles. The van der Waals surface area contributed by atoms with Crippen LogP contribution < -0.4 is 10.6 Å². The van der Waals surface area contributed by atoms with E-state index in [0.29, 0.717) is 47.7 Å². The molecule has 0 aliphatic carbocycles. The van der Waals surface area contributed by atoms with Crippen LogP contribution in [0.1, 0.15) is 62.2 Å². The molecule has 0 spiro atoms. The summed E-state index contributed by atoms with van der Waals surface area (Å²) in [6.07, 6.45) is 2.99. The Kier molecular flexibility index (Phi) is 8.33. The van der Waals surface area contributed by atoms with E-state index in [2.05, 4.69) is 37.3 Å². The second kappa shape index (κ2) is 12.5. The molecule has 0 unspecified atom stereocenters. The largest absolute Gasteiger partial charge is 0.351 e. The number of nitrogens with zero attached hydrogens (tertiary/aromatic N) is 6. The predicted molar refractivity (Wildman–Crippen MR) is 170 cm³/mol. The van der Waals surface area contributed by atoms with Crippen LogP contribution in [0, 0.1) is 0 Å². The van der Waals surface area contributed by atoms with Crippen LogP contribution in [0.2, 0.25) is 5.02 Å². The molecular formula is C33H35ClN6O3. The maximum Gasteiger partial charge on any atom is 0.351 e. The smallest absolute Gasteiger partial charge is 0.350 e. The third-order valence-electron chi connectivity index (χ3n) is 7.99. The molecule has 0 radical (unpaired) electrons. The van der Waals surface area contributed by atoms with Gasteiger partial charge in [0.2, 0.25) is 5.91 Å². The molecule has 0 saturated carbocycles. The first-order valence-corrected chi connectivity index (χ1v) is 14.8. The van der Waals surface area contributed by atoms with E-state index < -0.39 is 12.0 Å². The van der Waals surface area contributed by atoms with E-state index in [1.807, 2.05) is 17.9 Å². The number of aldehydes is 1. The number of anilines is 1. The number of rotatable bonds is 8. The molecular weight excluding hydrogens is 566 g/mol. The first kappa shape index (κ1) is 28.7. The molecule has 1 atom stereocenters. The summed E-state index contributed by atoms with van der Waals surface area (Å²) in [6.45, 7) is 13.3. The molecule has 3 aromatic heterocycles. The van der Waals surface area contributed by atoms with Gasteiger partial charge >= 0.3 is 5.69 Å². The number of benzene rings is 1. The van der Waals surface area contributed by atoms with Crippen LogP contribution in [0.5, 0.6) is 0 Å². The fraction of sp³-hybridized carbons (Fsp3) is 0.333. The average molecular weight is 602 g/mol. The van der Waals surface area contributed by atoms with Crippen LogP contribution in [0.25, 0.3) is 22.3 Å². The zero-order valence-electron chi connectivity index (χ0n) is 25.8. The van der Waals surface area contributed by atoms with Gasteiger partial charge in [-0.05, 0) is 48.6 Å². The number of aromatic nitrogens is 4. The number of pyridine rings is 2. The molecule has 1 amide bonds. The van der Waals surface area contributed by atoms with E-state index in [9.17, 15) is 14.4 Å². The first-order chi connectivity index (χ1) is 21.0. The van der Waals surface area contributed by atoms with Crippen LogP contribution in [0.3, 0.4) is 0 Å². The number of hydrogen-bond acceptors (Lipinski definition) is 7. The van der Waals surface area contributed by atoms with Gasteiger partial charge in [-0.1, -0.05) is 63.2 Å². The Bertz CT molecular complexity index is 1840. The van der Waals surface area contributed by atoms with Crippen LogP contribution >= 0.6 is 11.6 Å². The maximum atomic E-state index is 14.0. The Morgan fingerprint density at radius 2 is 2.02 bits per heavy atom. The lowest BCUT2D eigenvalue weighted by Gasteiger charge is -2.40. The number of aryl methyl sites for hydroxylation is 1. The Morgan fingerprint density at radius 3 is 2.70 bits per heavy atom. The van der Waals surface area contributed by atoms with Gasteiger partial charge in [0, 0.05) is 48.7 Å². The van der Waals surface area contributed by atoms with Crippen molar-refractivity contribution < 1.29 is 11.0 Å². The van der Waals surface area contributed by atoms with E-state index in [4.69, 9.17) is 18.0 Å². The van der Waals surface area contributed by atoms with Crippen LogP contribution in [-0.4, -0.2) is 62.3 Å². The quantitative estimate of drug-likeness (QED) is 0.154. The highest BCUT2D eigenvalue weighted by Crippen LogP contribution is 2.35. The molecule has 222 valence electrons. The zero-order valence-corrected chi connectivity index (χ0v) is 25.6. The monoisotopic (exact) mass is 601 g/mol. The standard InChI is InChI=1S/C33H35ClN6O3/c1-6-22-12-13-35-29(20(3)4)26(22)18-40-31-25(16-27(34)30(36-31)24-11-9-8-10-23(24)19-41)32(37-33(40)43)39-15-14-38(17-21(39)5)28(42)7-2/h7-13,16,19-21H,2,6,14-15,17-18H2,1,3-5H3/t21-/m0/s1/i19D,42+2. The van der Waals surface area contributed by atoms with E-state index in [0.717, 1.165) is 23.2 Å². The van der Waals surface area contributed by atoms with E-state index in [1.54, 1.807) is 41.4 Å². The highest BCUT2D eigenvalue weighted by atomic mass is 35.5. The molecule has 0 bridgehead atoms. The Balaban J connectivity index is 1.76. The Morgan fingerprint density at radius 1 is 1.26 bits per heavy atom. The van der Waals surface area contributed by atoms with Gasteiger partial charge in [-0.3, -0.25) is 19.1 Å². The molecule has 1 aliphatic rings. The van der Waals surface area contributed by atoms with Crippen molar-refractivity contribution in [2.45, 2.75) is 52.6 Å². The van der Waals surface area contributed by atoms with Crippen molar-refractivity contribution in [2.75, 3.05) is 24.5 Å². The molecule has 1 saturated heterocycles. The molecule has 4 aromatic rings. The average Bonchev–Trinajstić information content (AvgIpc) is 3.01. The summed E-state index contributed by atoms with van der Waals surface area (Å²) in [6, 6.07) is 10.2. The van der Waals surface area contributed by atoms with Crippen molar-refractivity contribution in [3.63, 3.8) is 0 Å². The number of amides is 1. The van der Waals surface area contributed by atoms with Crippen molar-refractivity contribution >= 4 is 40.6 Å². The van der Waals surface area contributed by atoms with E-state index in [1.165, 1.54) is 10.6 Å². The number of fused-ring (bicyclic) bond motifs is 1. The SMILES string of the molecule is [2H]C(=O)c1ccccc1-c1nc2c(cc1Cl)c(N1CCN(C(=[18O])C=C)C[C@@H]1C)nc(=O)n2Cc1c(CC)ccnc1C(C)C. The lowest BCUT2D eigenvalue weighted by Crippen LogP contribution is -2.54. The van der Waals surface area contributed by atoms with Crippen molar-refractivity contribution in [2.24, 2.45) is 0 Å². The molecule has 0 N–H and O–H groups in total. The summed E-state index contributed by atoms with van der Waals surface area (Å²) in [5, 5.41) is 0.822. The highest BCUT2D eigenvalue weighted by molar-refractivity contribution is 6.34. The summed E-state index contributed by atoms with van der Waals surface area (Å²) in [5.74, 6) is 0.399. The Hall–Kier alpha value is -4.37. The van der Waals surface area contributed by atoms with Gasteiger partial charge in [-0.25, -0.2) is 9.78 Å². The van der Waals surface area contributed by atoms with E-state index in [-0.39, 0.29) is 35.0 Å². The minimum atomic E-state index is -0.864. The van der Waals surface area contributed by atoms with Gasteiger partial charge in [0.15, 0.2) is 6.26 Å². The van der Waals surface area contributed by atoms with Gasteiger partial charge in [0.1, 0.15) is 12.8 Å². The topological polar surface area (TPSA) is 101 Å². The normalized spacial score (nSPS) is 15.6. The number of halogens is 1. The first-order valence-electron chi connectivity index (χ1n) is 14.9. The fourth-order valence-corrected chi connectivity index (χ4v) is 6.05. The summed E-state index contributed by atoms with van der Waals surface area (Å²) in [5.41, 5.74) is 3.62. The maximum absolute atomic E-state index is 14.0. The van der Waals surface area contributed by atoms with Crippen molar-refractivity contribution in [3.05, 3.63) is 93.1 Å². The van der Waals surface area contributed by atoms with E-state index >= 15 is 0 Å². The minimum absolute atomic E-state index is 0.119. The fourth-order valence-electron chi connectivity index (χ4n) is 5.80. The molecule has 1 aromatic carbocycles. The van der Waals surface area contributed by atoms with Gasteiger partial charge in [0.25, 0.3) is 0 Å². The lowest BCUT2D eigenvalue weighted by molar-refractivity contribution is -0.126. The summed E-state index contributed by atoms with van der Waals surface area (Å²) < 4.78 is 9.34. The molecule has 43 heavy (non-hydrogen) atoms. The van der Waals surface area contributed by atoms with Crippen molar-refractivity contribution in [3.8, 4) is 11.3 Å². The van der Waals surface area contributed by atoms with Crippen LogP contribution in [0.4, 0.5) is 5.82 Å². The van der Waals surface area contributed by atoms with Gasteiger partial charge in [0.05, 0.1) is 22.6 Å². The summed E-state index contributed by atoms with van der Waals surface area (Å²) in [4.78, 5) is 56.4. The molecule has 1 fully saturated rings. The number of carbonyl (C=O) groups excluding carboxylic acids is 2. The third-order valence-corrected chi connectivity index (χ3v) is 8.28. The van der Waals surface area contributed by atoms with Gasteiger partial charge < -0.3 is 9.80 Å². The van der Waals surface area contributed by atoms with Crippen molar-refractivity contribution in [1.82, 2.24) is 24.4 Å². The Labute approximate surface area is 257 Å². The summed E-state index contributed by atoms with van der Waals surface area (Å²) in [7, 11) is 0. The van der Waals surface area contributed by atoms with Crippen LogP contribution in [-0.2, 0) is 17.8 Å². The second-order valence-corrected chi connectivity index (χ2v) is 11.4. The summed E-state index contributed by atoms with van der Waals surface area (Å²) >= 11 is 6.87. The third kappa shape index (κ3) is 5.69. The predicted octanol–water partition coefficient (Wildman–Crippen LogP) is 5.28. The lowest BCUT2D eigenvalue weighted by atomic mass is 9.97.